The summed E-state index contributed by atoms with van der Waals surface area (Å²) >= 11 is 5.36. The van der Waals surface area contributed by atoms with Crippen molar-refractivity contribution in [1.82, 2.24) is 0 Å². The number of carbonyl (C=O) groups excluding carboxylic acids is 1. The molecule has 0 heterocycles. The second-order valence-electron chi connectivity index (χ2n) is 5.71. The molecule has 4 heteroatoms. The van der Waals surface area contributed by atoms with E-state index in [0.717, 1.165) is 37.0 Å². The number of carbonyl (C=O) groups is 1. The van der Waals surface area contributed by atoms with Gasteiger partial charge < -0.3 is 9.47 Å². The van der Waals surface area contributed by atoms with E-state index in [1.165, 1.54) is 19.3 Å². The monoisotopic (exact) mass is 244 g/mol. The van der Waals surface area contributed by atoms with Crippen LogP contribution in [0.5, 0.6) is 0 Å². The maximum absolute atomic E-state index is 11.4. The smallest absolute Gasteiger partial charge is 0.428 e. The van der Waals surface area contributed by atoms with Gasteiger partial charge in [-0.2, -0.15) is 0 Å². The highest BCUT2D eigenvalue weighted by Gasteiger charge is 2.53. The highest BCUT2D eigenvalue weighted by molar-refractivity contribution is 6.17. The van der Waals surface area contributed by atoms with Crippen LogP contribution >= 0.6 is 11.6 Å². The minimum Gasteiger partial charge on any atom is -0.428 e. The molecule has 0 atom stereocenters. The summed E-state index contributed by atoms with van der Waals surface area (Å²) in [7, 11) is 0. The molecule has 3 nitrogen and oxygen atoms in total. The Hall–Kier alpha value is -0.440. The minimum atomic E-state index is -0.586. The first kappa shape index (κ1) is 10.7. The molecule has 0 aliphatic heterocycles. The van der Waals surface area contributed by atoms with Crippen LogP contribution in [0.4, 0.5) is 4.79 Å². The summed E-state index contributed by atoms with van der Waals surface area (Å²) in [6.07, 6.45) is 6.55. The van der Waals surface area contributed by atoms with Gasteiger partial charge in [-0.1, -0.05) is 11.6 Å². The fraction of sp³-hybridized carbons (Fsp3) is 0.917. The van der Waals surface area contributed by atoms with Crippen molar-refractivity contribution in [2.45, 2.75) is 44.1 Å². The van der Waals surface area contributed by atoms with Gasteiger partial charge in [-0.3, -0.25) is 0 Å². The molecule has 0 amide bonds. The molecule has 4 bridgehead atoms. The van der Waals surface area contributed by atoms with E-state index in [-0.39, 0.29) is 11.7 Å². The van der Waals surface area contributed by atoms with Crippen molar-refractivity contribution in [2.75, 3.05) is 6.07 Å². The lowest BCUT2D eigenvalue weighted by atomic mass is 9.54. The van der Waals surface area contributed by atoms with Gasteiger partial charge in [-0.15, -0.1) is 0 Å². The van der Waals surface area contributed by atoms with E-state index in [1.807, 2.05) is 0 Å². The van der Waals surface area contributed by atoms with Gasteiger partial charge in [0.1, 0.15) is 5.60 Å². The van der Waals surface area contributed by atoms with E-state index >= 15 is 0 Å². The lowest BCUT2D eigenvalue weighted by Gasteiger charge is -2.55. The standard InChI is InChI=1S/C12H17ClO3/c13-7-15-11(14)16-12-4-8-1-9(5-12)3-10(2-8)6-12/h8-10H,1-7H2. The Bertz CT molecular complexity index is 267. The Balaban J connectivity index is 1.71. The lowest BCUT2D eigenvalue weighted by Crippen LogP contribution is -2.52. The number of ether oxygens (including phenoxy) is 2. The third-order valence-corrected chi connectivity index (χ3v) is 4.56. The molecule has 4 fully saturated rings. The maximum atomic E-state index is 11.4. The van der Waals surface area contributed by atoms with Gasteiger partial charge in [0.05, 0.1) is 0 Å². The average molecular weight is 245 g/mol. The van der Waals surface area contributed by atoms with Crippen molar-refractivity contribution in [1.29, 1.82) is 0 Å². The summed E-state index contributed by atoms with van der Waals surface area (Å²) < 4.78 is 10.2. The first-order chi connectivity index (χ1) is 7.69. The van der Waals surface area contributed by atoms with Crippen LogP contribution in [0.15, 0.2) is 0 Å². The summed E-state index contributed by atoms with van der Waals surface area (Å²) in [5.41, 5.74) is -0.210. The van der Waals surface area contributed by atoms with Crippen LogP contribution in [0.2, 0.25) is 0 Å². The van der Waals surface area contributed by atoms with Crippen LogP contribution in [0, 0.1) is 17.8 Å². The van der Waals surface area contributed by atoms with Gasteiger partial charge in [0.25, 0.3) is 0 Å². The molecule has 0 saturated heterocycles. The van der Waals surface area contributed by atoms with E-state index in [4.69, 9.17) is 16.3 Å². The molecule has 0 aromatic rings. The summed E-state index contributed by atoms with van der Waals surface area (Å²) in [5.74, 6) is 2.32. The van der Waals surface area contributed by atoms with E-state index in [2.05, 4.69) is 4.74 Å². The number of alkyl halides is 1. The predicted octanol–water partition coefficient (Wildman–Crippen LogP) is 3.30. The van der Waals surface area contributed by atoms with Gasteiger partial charge >= 0.3 is 6.16 Å². The van der Waals surface area contributed by atoms with Crippen LogP contribution in [-0.4, -0.2) is 17.8 Å². The third kappa shape index (κ3) is 1.79. The minimum absolute atomic E-state index is 0.120. The van der Waals surface area contributed by atoms with Crippen molar-refractivity contribution in [3.8, 4) is 0 Å². The number of hydrogen-bond donors (Lipinski definition) is 0. The molecule has 0 N–H and O–H groups in total. The molecule has 0 radical (unpaired) electrons. The van der Waals surface area contributed by atoms with Crippen molar-refractivity contribution in [3.63, 3.8) is 0 Å². The fourth-order valence-corrected chi connectivity index (χ4v) is 4.50. The molecule has 0 unspecified atom stereocenters. The van der Waals surface area contributed by atoms with Crippen molar-refractivity contribution >= 4 is 17.8 Å². The Morgan fingerprint density at radius 3 is 2.06 bits per heavy atom. The highest BCUT2D eigenvalue weighted by Crippen LogP contribution is 2.57. The number of halogens is 1. The summed E-state index contributed by atoms with van der Waals surface area (Å²) in [4.78, 5) is 11.4. The Labute approximate surface area is 100 Å². The van der Waals surface area contributed by atoms with Crippen molar-refractivity contribution in [2.24, 2.45) is 17.8 Å². The topological polar surface area (TPSA) is 35.5 Å². The Kier molecular flexibility index (Phi) is 2.54. The lowest BCUT2D eigenvalue weighted by molar-refractivity contribution is -0.140. The molecule has 4 aliphatic carbocycles. The summed E-state index contributed by atoms with van der Waals surface area (Å²) in [5, 5.41) is 0. The predicted molar refractivity (Wildman–Crippen MR) is 59.2 cm³/mol. The zero-order chi connectivity index (χ0) is 11.2. The van der Waals surface area contributed by atoms with Crippen LogP contribution in [0.1, 0.15) is 38.5 Å². The summed E-state index contributed by atoms with van der Waals surface area (Å²) in [6, 6.07) is -0.120. The molecule has 90 valence electrons. The SMILES string of the molecule is O=C(OCCl)OC12CC3CC(CC(C3)C1)C2. The van der Waals surface area contributed by atoms with E-state index in [0.29, 0.717) is 0 Å². The second kappa shape index (κ2) is 3.80. The zero-order valence-corrected chi connectivity index (χ0v) is 10.0. The molecule has 0 aromatic heterocycles. The zero-order valence-electron chi connectivity index (χ0n) is 9.28. The molecule has 4 aliphatic rings. The molecule has 0 aromatic carbocycles. The molecule has 16 heavy (non-hydrogen) atoms. The molecule has 0 spiro atoms. The molecular formula is C12H17ClO3. The van der Waals surface area contributed by atoms with Crippen LogP contribution in [0.3, 0.4) is 0 Å². The average Bonchev–Trinajstić information content (AvgIpc) is 2.13. The first-order valence-corrected chi connectivity index (χ1v) is 6.64. The molecule has 4 rings (SSSR count). The maximum Gasteiger partial charge on any atom is 0.510 e. The number of hydrogen-bond acceptors (Lipinski definition) is 3. The van der Waals surface area contributed by atoms with E-state index < -0.39 is 6.16 Å². The molecule has 4 saturated carbocycles. The van der Waals surface area contributed by atoms with E-state index in [9.17, 15) is 4.79 Å². The second-order valence-corrected chi connectivity index (χ2v) is 5.92. The van der Waals surface area contributed by atoms with Gasteiger partial charge in [0, 0.05) is 0 Å². The fourth-order valence-electron chi connectivity index (χ4n) is 4.41. The number of rotatable bonds is 2. The Morgan fingerprint density at radius 1 is 1.12 bits per heavy atom. The van der Waals surface area contributed by atoms with E-state index in [1.54, 1.807) is 0 Å². The normalized spacial score (nSPS) is 44.4. The molecular weight excluding hydrogens is 228 g/mol. The largest absolute Gasteiger partial charge is 0.510 e. The van der Waals surface area contributed by atoms with Crippen LogP contribution < -0.4 is 0 Å². The third-order valence-electron chi connectivity index (χ3n) is 4.45. The highest BCUT2D eigenvalue weighted by atomic mass is 35.5. The van der Waals surface area contributed by atoms with Gasteiger partial charge in [0.2, 0.25) is 0 Å². The quantitative estimate of drug-likeness (QED) is 0.552. The first-order valence-electron chi connectivity index (χ1n) is 6.11. The van der Waals surface area contributed by atoms with Gasteiger partial charge in [0.15, 0.2) is 6.07 Å². The summed E-state index contributed by atoms with van der Waals surface area (Å²) in [6.45, 7) is 0. The van der Waals surface area contributed by atoms with Crippen LogP contribution in [-0.2, 0) is 9.47 Å². The van der Waals surface area contributed by atoms with Crippen LogP contribution in [0.25, 0.3) is 0 Å². The van der Waals surface area contributed by atoms with Gasteiger partial charge in [-0.25, -0.2) is 4.79 Å². The van der Waals surface area contributed by atoms with Gasteiger partial charge in [-0.05, 0) is 56.3 Å². The van der Waals surface area contributed by atoms with Crippen molar-refractivity contribution in [3.05, 3.63) is 0 Å². The Morgan fingerprint density at radius 2 is 1.62 bits per heavy atom. The van der Waals surface area contributed by atoms with Crippen molar-refractivity contribution < 1.29 is 14.3 Å².